The molecular formula is C17H16BrNO3. The van der Waals surface area contributed by atoms with E-state index in [9.17, 15) is 9.59 Å². The highest BCUT2D eigenvalue weighted by Crippen LogP contribution is 2.21. The molecule has 0 aliphatic carbocycles. The number of ketones is 1. The topological polar surface area (TPSA) is 55.4 Å². The third-order valence-electron chi connectivity index (χ3n) is 3.02. The summed E-state index contributed by atoms with van der Waals surface area (Å²) in [5, 5.41) is 2.75. The number of carbonyl (C=O) groups excluding carboxylic acids is 2. The normalized spacial score (nSPS) is 10.1. The van der Waals surface area contributed by atoms with E-state index in [1.54, 1.807) is 30.3 Å². The first kappa shape index (κ1) is 16.2. The van der Waals surface area contributed by atoms with Crippen LogP contribution < -0.4 is 10.1 Å². The number of amides is 1. The second-order valence-electron chi connectivity index (χ2n) is 4.62. The minimum absolute atomic E-state index is 0.0817. The predicted octanol–water partition coefficient (Wildman–Crippen LogP) is 4.06. The van der Waals surface area contributed by atoms with E-state index in [1.807, 2.05) is 25.1 Å². The molecule has 0 bridgehead atoms. The number of ether oxygens (including phenoxy) is 1. The number of hydrogen-bond acceptors (Lipinski definition) is 3. The third-order valence-corrected chi connectivity index (χ3v) is 3.71. The average molecular weight is 362 g/mol. The molecule has 0 radical (unpaired) electrons. The van der Waals surface area contributed by atoms with E-state index in [0.29, 0.717) is 23.4 Å². The number of anilines is 1. The molecule has 2 aromatic rings. The Hall–Kier alpha value is -2.14. The second-order valence-corrected chi connectivity index (χ2v) is 5.47. The molecule has 1 N–H and O–H groups in total. The first-order valence-electron chi connectivity index (χ1n) is 6.90. The molecule has 2 rings (SSSR count). The summed E-state index contributed by atoms with van der Waals surface area (Å²) < 4.78 is 6.22. The molecule has 2 aromatic carbocycles. The number of halogens is 1. The summed E-state index contributed by atoms with van der Waals surface area (Å²) in [4.78, 5) is 23.4. The van der Waals surface area contributed by atoms with Crippen LogP contribution in [0.3, 0.4) is 0 Å². The lowest BCUT2D eigenvalue weighted by molar-refractivity contribution is -0.118. The molecule has 0 aliphatic rings. The Balaban J connectivity index is 1.89. The summed E-state index contributed by atoms with van der Waals surface area (Å²) in [6, 6.07) is 14.1. The molecule has 5 heteroatoms. The van der Waals surface area contributed by atoms with Crippen molar-refractivity contribution in [3.8, 4) is 5.75 Å². The predicted molar refractivity (Wildman–Crippen MR) is 89.3 cm³/mol. The minimum atomic E-state index is -0.249. The molecule has 0 unspecified atom stereocenters. The lowest BCUT2D eigenvalue weighted by atomic mass is 10.1. The molecule has 0 atom stereocenters. The number of benzene rings is 2. The van der Waals surface area contributed by atoms with Crippen molar-refractivity contribution >= 4 is 33.3 Å². The molecule has 114 valence electrons. The van der Waals surface area contributed by atoms with Crippen LogP contribution in [-0.2, 0) is 4.79 Å². The van der Waals surface area contributed by atoms with Crippen LogP contribution in [0.25, 0.3) is 0 Å². The van der Waals surface area contributed by atoms with Crippen molar-refractivity contribution in [1.82, 2.24) is 0 Å². The zero-order chi connectivity index (χ0) is 15.9. The third kappa shape index (κ3) is 4.43. The molecule has 0 aliphatic heterocycles. The van der Waals surface area contributed by atoms with Gasteiger partial charge in [0.15, 0.2) is 12.4 Å². The van der Waals surface area contributed by atoms with Gasteiger partial charge in [-0.25, -0.2) is 0 Å². The van der Waals surface area contributed by atoms with Gasteiger partial charge in [0.1, 0.15) is 5.75 Å². The Bertz CT molecular complexity index is 668. The zero-order valence-electron chi connectivity index (χ0n) is 12.1. The number of hydrogen-bond donors (Lipinski definition) is 1. The largest absolute Gasteiger partial charge is 0.484 e. The molecule has 0 fully saturated rings. The van der Waals surface area contributed by atoms with E-state index in [1.165, 1.54) is 0 Å². The van der Waals surface area contributed by atoms with Gasteiger partial charge in [-0.3, -0.25) is 9.59 Å². The lowest BCUT2D eigenvalue weighted by Crippen LogP contribution is -2.20. The maximum absolute atomic E-state index is 11.8. The fraction of sp³-hybridized carbons (Fsp3) is 0.176. The van der Waals surface area contributed by atoms with Gasteiger partial charge in [0, 0.05) is 16.5 Å². The summed E-state index contributed by atoms with van der Waals surface area (Å²) in [7, 11) is 0. The molecule has 4 nitrogen and oxygen atoms in total. The lowest BCUT2D eigenvalue weighted by Gasteiger charge is -2.09. The highest BCUT2D eigenvalue weighted by Gasteiger charge is 2.07. The van der Waals surface area contributed by atoms with Crippen LogP contribution >= 0.6 is 15.9 Å². The fourth-order valence-corrected chi connectivity index (χ4v) is 2.22. The molecule has 0 heterocycles. The Kier molecular flexibility index (Phi) is 5.72. The van der Waals surface area contributed by atoms with Crippen LogP contribution in [-0.4, -0.2) is 18.3 Å². The van der Waals surface area contributed by atoms with Crippen molar-refractivity contribution in [2.75, 3.05) is 11.9 Å². The van der Waals surface area contributed by atoms with Crippen LogP contribution in [0.5, 0.6) is 5.75 Å². The maximum atomic E-state index is 11.8. The highest BCUT2D eigenvalue weighted by molar-refractivity contribution is 9.10. The van der Waals surface area contributed by atoms with Crippen molar-refractivity contribution in [2.24, 2.45) is 0 Å². The van der Waals surface area contributed by atoms with Crippen LogP contribution in [0, 0.1) is 0 Å². The highest BCUT2D eigenvalue weighted by atomic mass is 79.9. The van der Waals surface area contributed by atoms with Crippen LogP contribution in [0.4, 0.5) is 5.69 Å². The van der Waals surface area contributed by atoms with Crippen LogP contribution in [0.15, 0.2) is 53.0 Å². The van der Waals surface area contributed by atoms with E-state index in [2.05, 4.69) is 21.2 Å². The Labute approximate surface area is 137 Å². The van der Waals surface area contributed by atoms with Crippen molar-refractivity contribution in [1.29, 1.82) is 0 Å². The number of nitrogens with one attached hydrogen (secondary N) is 1. The maximum Gasteiger partial charge on any atom is 0.262 e. The first-order chi connectivity index (χ1) is 10.6. The van der Waals surface area contributed by atoms with Gasteiger partial charge < -0.3 is 10.1 Å². The molecule has 0 spiro atoms. The van der Waals surface area contributed by atoms with Gasteiger partial charge >= 0.3 is 0 Å². The Morgan fingerprint density at radius 1 is 1.09 bits per heavy atom. The molecular weight excluding hydrogens is 346 g/mol. The van der Waals surface area contributed by atoms with Crippen molar-refractivity contribution < 1.29 is 14.3 Å². The molecule has 0 aromatic heterocycles. The van der Waals surface area contributed by atoms with E-state index in [4.69, 9.17) is 4.74 Å². The van der Waals surface area contributed by atoms with Gasteiger partial charge in [0.2, 0.25) is 0 Å². The SMILES string of the molecule is CCC(=O)c1ccc(OCC(=O)Nc2ccccc2Br)cc1. The minimum Gasteiger partial charge on any atom is -0.484 e. The van der Waals surface area contributed by atoms with Crippen LogP contribution in [0.2, 0.25) is 0 Å². The van der Waals surface area contributed by atoms with Gasteiger partial charge in [-0.1, -0.05) is 19.1 Å². The standard InChI is InChI=1S/C17H16BrNO3/c1-2-16(20)12-7-9-13(10-8-12)22-11-17(21)19-15-6-4-3-5-14(15)18/h3-10H,2,11H2,1H3,(H,19,21). The molecule has 0 saturated heterocycles. The number of Topliss-reactive ketones (excluding diaryl/α,β-unsaturated/α-hetero) is 1. The smallest absolute Gasteiger partial charge is 0.262 e. The Morgan fingerprint density at radius 2 is 1.77 bits per heavy atom. The monoisotopic (exact) mass is 361 g/mol. The number of rotatable bonds is 6. The first-order valence-corrected chi connectivity index (χ1v) is 7.70. The summed E-state index contributed by atoms with van der Waals surface area (Å²) in [6.07, 6.45) is 0.467. The van der Waals surface area contributed by atoms with E-state index in [0.717, 1.165) is 4.47 Å². The average Bonchev–Trinajstić information content (AvgIpc) is 2.55. The van der Waals surface area contributed by atoms with Gasteiger partial charge in [0.05, 0.1) is 5.69 Å². The fourth-order valence-electron chi connectivity index (χ4n) is 1.84. The van der Waals surface area contributed by atoms with E-state index >= 15 is 0 Å². The second kappa shape index (κ2) is 7.75. The summed E-state index contributed by atoms with van der Waals surface area (Å²) in [5.74, 6) is 0.383. The quantitative estimate of drug-likeness (QED) is 0.789. The summed E-state index contributed by atoms with van der Waals surface area (Å²) in [5.41, 5.74) is 1.34. The summed E-state index contributed by atoms with van der Waals surface area (Å²) >= 11 is 3.36. The van der Waals surface area contributed by atoms with Crippen molar-refractivity contribution in [2.45, 2.75) is 13.3 Å². The van der Waals surface area contributed by atoms with Gasteiger partial charge in [0.25, 0.3) is 5.91 Å². The van der Waals surface area contributed by atoms with Gasteiger partial charge in [-0.05, 0) is 52.3 Å². The van der Waals surface area contributed by atoms with Gasteiger partial charge in [-0.2, -0.15) is 0 Å². The number of carbonyl (C=O) groups is 2. The summed E-state index contributed by atoms with van der Waals surface area (Å²) in [6.45, 7) is 1.72. The van der Waals surface area contributed by atoms with Crippen molar-refractivity contribution in [3.05, 3.63) is 58.6 Å². The van der Waals surface area contributed by atoms with Crippen molar-refractivity contribution in [3.63, 3.8) is 0 Å². The molecule has 0 saturated carbocycles. The van der Waals surface area contributed by atoms with E-state index < -0.39 is 0 Å². The zero-order valence-corrected chi connectivity index (χ0v) is 13.7. The number of para-hydroxylation sites is 1. The van der Waals surface area contributed by atoms with Crippen LogP contribution in [0.1, 0.15) is 23.7 Å². The molecule has 1 amide bonds. The molecule has 22 heavy (non-hydrogen) atoms. The Morgan fingerprint density at radius 3 is 2.41 bits per heavy atom. The van der Waals surface area contributed by atoms with Gasteiger partial charge in [-0.15, -0.1) is 0 Å². The van der Waals surface area contributed by atoms with E-state index in [-0.39, 0.29) is 18.3 Å².